The largest absolute Gasteiger partial charge is 0.452 e. The van der Waals surface area contributed by atoms with Gasteiger partial charge in [-0.2, -0.15) is 0 Å². The van der Waals surface area contributed by atoms with Crippen LogP contribution in [-0.2, 0) is 25.6 Å². The summed E-state index contributed by atoms with van der Waals surface area (Å²) in [7, 11) is 0. The van der Waals surface area contributed by atoms with Crippen LogP contribution in [0.1, 0.15) is 26.3 Å². The number of benzene rings is 3. The summed E-state index contributed by atoms with van der Waals surface area (Å²) in [5.41, 5.74) is 1.35. The van der Waals surface area contributed by atoms with Gasteiger partial charge in [-0.25, -0.2) is 9.59 Å². The van der Waals surface area contributed by atoms with Crippen molar-refractivity contribution in [1.29, 1.82) is 0 Å². The van der Waals surface area contributed by atoms with Gasteiger partial charge in [0.05, 0.1) is 17.7 Å². The molecule has 0 bridgehead atoms. The number of carbonyl (C=O) groups is 2. The minimum atomic E-state index is -2.35. The maximum atomic E-state index is 12.9. The van der Waals surface area contributed by atoms with E-state index in [9.17, 15) is 14.7 Å². The fourth-order valence-electron chi connectivity index (χ4n) is 3.55. The van der Waals surface area contributed by atoms with Crippen LogP contribution in [0.25, 0.3) is 0 Å². The van der Waals surface area contributed by atoms with Crippen molar-refractivity contribution in [1.82, 2.24) is 0 Å². The van der Waals surface area contributed by atoms with Crippen molar-refractivity contribution in [2.75, 3.05) is 5.33 Å². The molecule has 0 aliphatic carbocycles. The van der Waals surface area contributed by atoms with Gasteiger partial charge in [0.1, 0.15) is 6.10 Å². The molecular weight excluding hydrogens is 504 g/mol. The molecule has 0 aromatic heterocycles. The zero-order chi connectivity index (χ0) is 24.0. The van der Waals surface area contributed by atoms with E-state index in [1.807, 2.05) is 30.3 Å². The second-order valence-electron chi connectivity index (χ2n) is 7.64. The number of halogens is 1. The predicted octanol–water partition coefficient (Wildman–Crippen LogP) is 4.09. The number of hydrogen-bond donors (Lipinski definition) is 1. The first-order valence-corrected chi connectivity index (χ1v) is 11.8. The zero-order valence-corrected chi connectivity index (χ0v) is 19.7. The van der Waals surface area contributed by atoms with Crippen LogP contribution in [0.15, 0.2) is 91.0 Å². The molecule has 7 nitrogen and oxygen atoms in total. The zero-order valence-electron chi connectivity index (χ0n) is 18.1. The second-order valence-corrected chi connectivity index (χ2v) is 8.29. The molecule has 4 rings (SSSR count). The van der Waals surface area contributed by atoms with Crippen molar-refractivity contribution in [3.05, 3.63) is 108 Å². The average Bonchev–Trinajstić information content (AvgIpc) is 3.15. The van der Waals surface area contributed by atoms with Crippen molar-refractivity contribution in [2.24, 2.45) is 0 Å². The summed E-state index contributed by atoms with van der Waals surface area (Å²) < 4.78 is 22.8. The molecule has 1 heterocycles. The van der Waals surface area contributed by atoms with Crippen LogP contribution in [0.2, 0.25) is 0 Å². The topological polar surface area (TPSA) is 91.3 Å². The third-order valence-electron chi connectivity index (χ3n) is 5.28. The molecule has 0 saturated carbocycles. The van der Waals surface area contributed by atoms with Crippen molar-refractivity contribution in [2.45, 2.75) is 30.9 Å². The molecule has 1 N–H and O–H groups in total. The Labute approximate surface area is 205 Å². The van der Waals surface area contributed by atoms with E-state index in [1.165, 1.54) is 0 Å². The Morgan fingerprint density at radius 2 is 1.32 bits per heavy atom. The summed E-state index contributed by atoms with van der Waals surface area (Å²) in [5, 5.41) is 11.5. The fraction of sp³-hybridized carbons (Fsp3) is 0.231. The molecule has 1 aliphatic heterocycles. The molecule has 176 valence electrons. The fourth-order valence-corrected chi connectivity index (χ4v) is 4.05. The molecule has 34 heavy (non-hydrogen) atoms. The van der Waals surface area contributed by atoms with E-state index in [0.29, 0.717) is 5.56 Å². The van der Waals surface area contributed by atoms with Gasteiger partial charge >= 0.3 is 17.9 Å². The van der Waals surface area contributed by atoms with E-state index < -0.39 is 36.2 Å². The highest BCUT2D eigenvalue weighted by Crippen LogP contribution is 2.37. The lowest BCUT2D eigenvalue weighted by Gasteiger charge is -2.29. The molecule has 1 saturated heterocycles. The minimum Gasteiger partial charge on any atom is -0.452 e. The molecule has 3 aromatic carbocycles. The van der Waals surface area contributed by atoms with Crippen LogP contribution >= 0.6 is 15.9 Å². The Balaban J connectivity index is 1.61. The van der Waals surface area contributed by atoms with Gasteiger partial charge < -0.3 is 24.1 Å². The molecule has 1 unspecified atom stereocenters. The quantitative estimate of drug-likeness (QED) is 0.268. The molecule has 3 aromatic rings. The van der Waals surface area contributed by atoms with E-state index in [2.05, 4.69) is 15.9 Å². The van der Waals surface area contributed by atoms with Crippen LogP contribution in [-0.4, -0.2) is 46.7 Å². The van der Waals surface area contributed by atoms with Gasteiger partial charge in [-0.3, -0.25) is 0 Å². The van der Waals surface area contributed by atoms with E-state index >= 15 is 0 Å². The normalized spacial score (nSPS) is 23.9. The maximum absolute atomic E-state index is 12.9. The van der Waals surface area contributed by atoms with Gasteiger partial charge in [0.2, 0.25) is 6.10 Å². The molecule has 0 spiro atoms. The van der Waals surface area contributed by atoms with E-state index in [1.54, 1.807) is 60.7 Å². The van der Waals surface area contributed by atoms with Crippen LogP contribution in [0.3, 0.4) is 0 Å². The molecule has 8 heteroatoms. The molecular formula is C26H23BrO7. The van der Waals surface area contributed by atoms with Crippen LogP contribution in [0.4, 0.5) is 0 Å². The summed E-state index contributed by atoms with van der Waals surface area (Å²) in [6.45, 7) is -0.0227. The lowest BCUT2D eigenvalue weighted by Crippen LogP contribution is -2.49. The summed E-state index contributed by atoms with van der Waals surface area (Å²) in [6, 6.07) is 25.8. The lowest BCUT2D eigenvalue weighted by molar-refractivity contribution is -0.378. The Bertz CT molecular complexity index is 1090. The Hall–Kier alpha value is -3.04. The van der Waals surface area contributed by atoms with Crippen molar-refractivity contribution >= 4 is 27.9 Å². The molecule has 0 radical (unpaired) electrons. The van der Waals surface area contributed by atoms with Gasteiger partial charge in [-0.1, -0.05) is 82.7 Å². The third kappa shape index (κ3) is 5.53. The van der Waals surface area contributed by atoms with E-state index in [-0.39, 0.29) is 17.5 Å². The summed E-state index contributed by atoms with van der Waals surface area (Å²) >= 11 is 3.33. The number of esters is 2. The van der Waals surface area contributed by atoms with Gasteiger partial charge in [-0.15, -0.1) is 0 Å². The number of hydrogen-bond acceptors (Lipinski definition) is 7. The van der Waals surface area contributed by atoms with Gasteiger partial charge in [-0.05, 0) is 29.8 Å². The number of aliphatic hydroxyl groups is 1. The van der Waals surface area contributed by atoms with E-state index in [0.717, 1.165) is 5.56 Å². The van der Waals surface area contributed by atoms with E-state index in [4.69, 9.17) is 18.9 Å². The highest BCUT2D eigenvalue weighted by Gasteiger charge is 2.60. The summed E-state index contributed by atoms with van der Waals surface area (Å²) in [5.74, 6) is -3.71. The highest BCUT2D eigenvalue weighted by molar-refractivity contribution is 9.09. The first-order chi connectivity index (χ1) is 16.5. The SMILES string of the molecule is O=C(OC1[C@H](OC(=O)c2ccccc2)[C@@H](CBr)O[C@]1(O)OCc1ccccc1)c1ccccc1. The summed E-state index contributed by atoms with van der Waals surface area (Å²) in [6.07, 6.45) is -3.43. The Kier molecular flexibility index (Phi) is 7.74. The summed E-state index contributed by atoms with van der Waals surface area (Å²) in [4.78, 5) is 25.7. The first kappa shape index (κ1) is 24.1. The molecule has 1 fully saturated rings. The Morgan fingerprint density at radius 3 is 1.85 bits per heavy atom. The number of carbonyl (C=O) groups excluding carboxylic acids is 2. The standard InChI is InChI=1S/C26H23BrO7/c27-16-21-22(32-24(28)19-12-6-2-7-13-19)23(33-25(29)20-14-8-3-9-15-20)26(30,34-21)31-17-18-10-4-1-5-11-18/h1-15,21-23,30H,16-17H2/t21-,22-,23?,26-/m1/s1. The van der Waals surface area contributed by atoms with Crippen molar-refractivity contribution < 1.29 is 33.6 Å². The third-order valence-corrected chi connectivity index (χ3v) is 5.92. The first-order valence-electron chi connectivity index (χ1n) is 10.7. The lowest BCUT2D eigenvalue weighted by atomic mass is 10.1. The molecule has 4 atom stereocenters. The van der Waals surface area contributed by atoms with Crippen molar-refractivity contribution in [3.63, 3.8) is 0 Å². The van der Waals surface area contributed by atoms with Crippen LogP contribution < -0.4 is 0 Å². The smallest absolute Gasteiger partial charge is 0.338 e. The molecule has 1 aliphatic rings. The van der Waals surface area contributed by atoms with Crippen LogP contribution in [0.5, 0.6) is 0 Å². The average molecular weight is 527 g/mol. The monoisotopic (exact) mass is 526 g/mol. The highest BCUT2D eigenvalue weighted by atomic mass is 79.9. The minimum absolute atomic E-state index is 0.0227. The second kappa shape index (κ2) is 10.9. The molecule has 0 amide bonds. The van der Waals surface area contributed by atoms with Gasteiger partial charge in [0.25, 0.3) is 0 Å². The maximum Gasteiger partial charge on any atom is 0.338 e. The number of rotatable bonds is 8. The predicted molar refractivity (Wildman–Crippen MR) is 126 cm³/mol. The van der Waals surface area contributed by atoms with Gasteiger partial charge in [0.15, 0.2) is 6.10 Å². The number of alkyl halides is 1. The van der Waals surface area contributed by atoms with Crippen molar-refractivity contribution in [3.8, 4) is 0 Å². The Morgan fingerprint density at radius 1 is 0.824 bits per heavy atom. The number of ether oxygens (including phenoxy) is 4. The van der Waals surface area contributed by atoms with Gasteiger partial charge in [0, 0.05) is 5.33 Å². The van der Waals surface area contributed by atoms with Crippen LogP contribution in [0, 0.1) is 0 Å².